The Morgan fingerprint density at radius 2 is 1.80 bits per heavy atom. The Hall–Kier alpha value is -0.0800. The van der Waals surface area contributed by atoms with Crippen molar-refractivity contribution < 1.29 is 4.74 Å². The highest BCUT2D eigenvalue weighted by atomic mass is 16.5. The summed E-state index contributed by atoms with van der Waals surface area (Å²) in [7, 11) is 0. The van der Waals surface area contributed by atoms with Gasteiger partial charge in [0.05, 0.1) is 5.60 Å². The van der Waals surface area contributed by atoms with E-state index in [-0.39, 0.29) is 5.60 Å². The molecule has 0 saturated carbocycles. The summed E-state index contributed by atoms with van der Waals surface area (Å²) in [5.41, 5.74) is -0.0433. The van der Waals surface area contributed by atoms with Crippen LogP contribution < -0.4 is 5.32 Å². The molecule has 0 heterocycles. The molecule has 0 saturated heterocycles. The van der Waals surface area contributed by atoms with Gasteiger partial charge in [0, 0.05) is 19.2 Å². The van der Waals surface area contributed by atoms with E-state index in [1.807, 2.05) is 0 Å². The largest absolute Gasteiger partial charge is 0.374 e. The molecule has 0 aliphatic carbocycles. The maximum atomic E-state index is 5.87. The Kier molecular flexibility index (Phi) is 7.20. The zero-order chi connectivity index (χ0) is 11.9. The first kappa shape index (κ1) is 14.9. The van der Waals surface area contributed by atoms with Gasteiger partial charge in [-0.15, -0.1) is 0 Å². The van der Waals surface area contributed by atoms with Crippen LogP contribution in [0.2, 0.25) is 0 Å². The van der Waals surface area contributed by atoms with E-state index in [1.54, 1.807) is 0 Å². The lowest BCUT2D eigenvalue weighted by molar-refractivity contribution is -0.0221. The Balaban J connectivity index is 3.66. The zero-order valence-corrected chi connectivity index (χ0v) is 11.4. The molecular weight excluding hydrogens is 186 g/mol. The van der Waals surface area contributed by atoms with Gasteiger partial charge in [-0.1, -0.05) is 20.8 Å². The molecule has 0 amide bonds. The van der Waals surface area contributed by atoms with Crippen molar-refractivity contribution in [2.75, 3.05) is 13.2 Å². The fourth-order valence-corrected chi connectivity index (χ4v) is 1.19. The van der Waals surface area contributed by atoms with Crippen molar-refractivity contribution in [3.05, 3.63) is 0 Å². The van der Waals surface area contributed by atoms with Crippen molar-refractivity contribution >= 4 is 0 Å². The smallest absolute Gasteiger partial charge is 0.0750 e. The van der Waals surface area contributed by atoms with Gasteiger partial charge in [-0.25, -0.2) is 0 Å². The van der Waals surface area contributed by atoms with E-state index in [9.17, 15) is 0 Å². The van der Waals surface area contributed by atoms with Crippen molar-refractivity contribution in [1.82, 2.24) is 5.32 Å². The summed E-state index contributed by atoms with van der Waals surface area (Å²) in [5, 5.41) is 3.49. The predicted octanol–water partition coefficient (Wildman–Crippen LogP) is 3.22. The number of rotatable bonds is 8. The molecule has 2 heteroatoms. The van der Waals surface area contributed by atoms with E-state index in [0.717, 1.165) is 25.5 Å². The summed E-state index contributed by atoms with van der Waals surface area (Å²) in [6.45, 7) is 15.0. The van der Waals surface area contributed by atoms with Crippen LogP contribution in [0.4, 0.5) is 0 Å². The predicted molar refractivity (Wildman–Crippen MR) is 67.2 cm³/mol. The van der Waals surface area contributed by atoms with Gasteiger partial charge in [0.25, 0.3) is 0 Å². The lowest BCUT2D eigenvalue weighted by Gasteiger charge is -2.28. The Morgan fingerprint density at radius 3 is 2.27 bits per heavy atom. The molecule has 0 aromatic heterocycles. The SMILES string of the molecule is CCC(C)NCC(C)(C)OCCC(C)C. The first-order valence-electron chi connectivity index (χ1n) is 6.24. The quantitative estimate of drug-likeness (QED) is 0.671. The highest BCUT2D eigenvalue weighted by molar-refractivity contribution is 4.74. The summed E-state index contributed by atoms with van der Waals surface area (Å²) in [6, 6.07) is 0.581. The van der Waals surface area contributed by atoms with E-state index >= 15 is 0 Å². The molecule has 2 nitrogen and oxygen atoms in total. The number of nitrogens with one attached hydrogen (secondary N) is 1. The molecule has 0 aromatic rings. The third kappa shape index (κ3) is 8.88. The van der Waals surface area contributed by atoms with Crippen molar-refractivity contribution in [3.63, 3.8) is 0 Å². The molecule has 0 spiro atoms. The van der Waals surface area contributed by atoms with Gasteiger partial charge in [0.1, 0.15) is 0 Å². The van der Waals surface area contributed by atoms with E-state index in [2.05, 4.69) is 46.9 Å². The molecule has 0 aromatic carbocycles. The minimum absolute atomic E-state index is 0.0433. The van der Waals surface area contributed by atoms with Gasteiger partial charge in [-0.3, -0.25) is 0 Å². The van der Waals surface area contributed by atoms with Gasteiger partial charge in [0.2, 0.25) is 0 Å². The molecule has 1 unspecified atom stereocenters. The van der Waals surface area contributed by atoms with E-state index in [4.69, 9.17) is 4.74 Å². The molecule has 1 N–H and O–H groups in total. The number of ether oxygens (including phenoxy) is 1. The summed E-state index contributed by atoms with van der Waals surface area (Å²) in [5.74, 6) is 0.725. The standard InChI is InChI=1S/C13H29NO/c1-7-12(4)14-10-13(5,6)15-9-8-11(2)3/h11-12,14H,7-10H2,1-6H3. The summed E-state index contributed by atoms with van der Waals surface area (Å²) < 4.78 is 5.87. The monoisotopic (exact) mass is 215 g/mol. The normalized spacial score (nSPS) is 14.6. The van der Waals surface area contributed by atoms with E-state index < -0.39 is 0 Å². The minimum atomic E-state index is -0.0433. The van der Waals surface area contributed by atoms with Gasteiger partial charge in [0.15, 0.2) is 0 Å². The Morgan fingerprint density at radius 1 is 1.20 bits per heavy atom. The van der Waals surface area contributed by atoms with Crippen LogP contribution in [0.5, 0.6) is 0 Å². The van der Waals surface area contributed by atoms with Crippen molar-refractivity contribution in [2.45, 2.75) is 66.0 Å². The van der Waals surface area contributed by atoms with Gasteiger partial charge in [-0.2, -0.15) is 0 Å². The number of hydrogen-bond donors (Lipinski definition) is 1. The molecule has 0 bridgehead atoms. The first-order chi connectivity index (χ1) is 6.87. The highest BCUT2D eigenvalue weighted by Gasteiger charge is 2.18. The average Bonchev–Trinajstić information content (AvgIpc) is 2.13. The van der Waals surface area contributed by atoms with Gasteiger partial charge in [-0.05, 0) is 39.5 Å². The van der Waals surface area contributed by atoms with Gasteiger partial charge < -0.3 is 10.1 Å². The molecule has 92 valence electrons. The second kappa shape index (κ2) is 7.24. The summed E-state index contributed by atoms with van der Waals surface area (Å²) in [4.78, 5) is 0. The minimum Gasteiger partial charge on any atom is -0.374 e. The summed E-state index contributed by atoms with van der Waals surface area (Å²) in [6.07, 6.45) is 2.31. The molecule has 0 radical (unpaired) electrons. The molecule has 1 atom stereocenters. The highest BCUT2D eigenvalue weighted by Crippen LogP contribution is 2.10. The maximum Gasteiger partial charge on any atom is 0.0750 e. The van der Waals surface area contributed by atoms with Crippen LogP contribution in [-0.4, -0.2) is 24.8 Å². The molecular formula is C13H29NO. The van der Waals surface area contributed by atoms with Crippen LogP contribution >= 0.6 is 0 Å². The lowest BCUT2D eigenvalue weighted by Crippen LogP contribution is -2.41. The lowest BCUT2D eigenvalue weighted by atomic mass is 10.1. The Labute approximate surface area is 95.8 Å². The molecule has 0 aliphatic rings. The maximum absolute atomic E-state index is 5.87. The second-order valence-electron chi connectivity index (χ2n) is 5.48. The Bertz CT molecular complexity index is 155. The average molecular weight is 215 g/mol. The number of hydrogen-bond acceptors (Lipinski definition) is 2. The van der Waals surface area contributed by atoms with Crippen LogP contribution in [0.15, 0.2) is 0 Å². The second-order valence-corrected chi connectivity index (χ2v) is 5.48. The topological polar surface area (TPSA) is 21.3 Å². The third-order valence-corrected chi connectivity index (χ3v) is 2.68. The molecule has 0 rings (SSSR count). The third-order valence-electron chi connectivity index (χ3n) is 2.68. The fourth-order valence-electron chi connectivity index (χ4n) is 1.19. The van der Waals surface area contributed by atoms with Crippen molar-refractivity contribution in [3.8, 4) is 0 Å². The van der Waals surface area contributed by atoms with Gasteiger partial charge >= 0.3 is 0 Å². The van der Waals surface area contributed by atoms with Crippen LogP contribution in [0.1, 0.15) is 54.4 Å². The summed E-state index contributed by atoms with van der Waals surface area (Å²) >= 11 is 0. The van der Waals surface area contributed by atoms with Crippen molar-refractivity contribution in [2.24, 2.45) is 5.92 Å². The van der Waals surface area contributed by atoms with E-state index in [1.165, 1.54) is 6.42 Å². The first-order valence-corrected chi connectivity index (χ1v) is 6.24. The van der Waals surface area contributed by atoms with E-state index in [0.29, 0.717) is 6.04 Å². The van der Waals surface area contributed by atoms with Crippen LogP contribution in [0.3, 0.4) is 0 Å². The molecule has 0 aliphatic heterocycles. The fraction of sp³-hybridized carbons (Fsp3) is 1.00. The van der Waals surface area contributed by atoms with Crippen LogP contribution in [0.25, 0.3) is 0 Å². The van der Waals surface area contributed by atoms with Crippen LogP contribution in [-0.2, 0) is 4.74 Å². The molecule has 0 fully saturated rings. The molecule has 15 heavy (non-hydrogen) atoms. The van der Waals surface area contributed by atoms with Crippen LogP contribution in [0, 0.1) is 5.92 Å². The van der Waals surface area contributed by atoms with Crippen molar-refractivity contribution in [1.29, 1.82) is 0 Å². The zero-order valence-electron chi connectivity index (χ0n) is 11.4.